The Morgan fingerprint density at radius 1 is 1.00 bits per heavy atom. The lowest BCUT2D eigenvalue weighted by Gasteiger charge is -2.26. The highest BCUT2D eigenvalue weighted by atomic mass is 35.5. The van der Waals surface area contributed by atoms with Gasteiger partial charge in [-0.2, -0.15) is 0 Å². The number of halogens is 1. The number of morpholine rings is 1. The first-order valence-electron chi connectivity index (χ1n) is 11.7. The van der Waals surface area contributed by atoms with Gasteiger partial charge in [-0.25, -0.2) is 0 Å². The number of fused-ring (bicyclic) bond motifs is 1. The molecule has 0 bridgehead atoms. The molecule has 0 saturated carbocycles. The molecule has 1 atom stereocenters. The predicted octanol–water partition coefficient (Wildman–Crippen LogP) is 5.22. The molecule has 1 saturated heterocycles. The van der Waals surface area contributed by atoms with Gasteiger partial charge in [-0.15, -0.1) is 0 Å². The second-order valence-electron chi connectivity index (χ2n) is 8.66. The zero-order valence-electron chi connectivity index (χ0n) is 19.0. The number of nitrogens with one attached hydrogen (secondary N) is 2. The van der Waals surface area contributed by atoms with Crippen LogP contribution < -0.4 is 5.32 Å². The number of aromatic nitrogens is 1. The fraction of sp³-hybridized carbons (Fsp3) is 0.250. The van der Waals surface area contributed by atoms with Crippen molar-refractivity contribution in [1.29, 1.82) is 0 Å². The van der Waals surface area contributed by atoms with E-state index >= 15 is 0 Å². The van der Waals surface area contributed by atoms with E-state index in [9.17, 15) is 4.79 Å². The largest absolute Gasteiger partial charge is 0.379 e. The molecule has 2 heterocycles. The molecule has 1 unspecified atom stereocenters. The topological polar surface area (TPSA) is 57.4 Å². The van der Waals surface area contributed by atoms with Crippen molar-refractivity contribution in [3.8, 4) is 0 Å². The van der Waals surface area contributed by atoms with Crippen molar-refractivity contribution in [3.05, 3.63) is 106 Å². The number of hydrogen-bond donors (Lipinski definition) is 2. The zero-order valence-corrected chi connectivity index (χ0v) is 19.7. The molecule has 34 heavy (non-hydrogen) atoms. The monoisotopic (exact) mass is 473 g/mol. The maximum Gasteiger partial charge on any atom is 0.251 e. The summed E-state index contributed by atoms with van der Waals surface area (Å²) in [5.74, 6) is -0.161. The molecular weight excluding hydrogens is 446 g/mol. The van der Waals surface area contributed by atoms with Crippen molar-refractivity contribution in [2.75, 3.05) is 32.8 Å². The van der Waals surface area contributed by atoms with E-state index in [-0.39, 0.29) is 11.8 Å². The van der Waals surface area contributed by atoms with Crippen LogP contribution in [0.25, 0.3) is 10.9 Å². The summed E-state index contributed by atoms with van der Waals surface area (Å²) in [6.45, 7) is 4.62. The van der Waals surface area contributed by atoms with Gasteiger partial charge in [-0.05, 0) is 41.0 Å². The molecule has 0 radical (unpaired) electrons. The predicted molar refractivity (Wildman–Crippen MR) is 136 cm³/mol. The fourth-order valence-electron chi connectivity index (χ4n) is 4.65. The number of hydrogen-bond acceptors (Lipinski definition) is 3. The smallest absolute Gasteiger partial charge is 0.251 e. The van der Waals surface area contributed by atoms with Crippen molar-refractivity contribution in [1.82, 2.24) is 15.2 Å². The van der Waals surface area contributed by atoms with Crippen LogP contribution >= 0.6 is 11.6 Å². The normalized spacial score (nSPS) is 15.3. The highest BCUT2D eigenvalue weighted by molar-refractivity contribution is 6.31. The number of aromatic amines is 1. The van der Waals surface area contributed by atoms with Crippen LogP contribution in [0.5, 0.6) is 0 Å². The SMILES string of the molecule is O=C(NCC(c1ccccc1Cl)c1c[nH]c2ccccc12)c1cccc(CN2CCOCC2)c1. The minimum atomic E-state index is -0.0827. The summed E-state index contributed by atoms with van der Waals surface area (Å²) in [5, 5.41) is 4.99. The van der Waals surface area contributed by atoms with Gasteiger partial charge < -0.3 is 15.0 Å². The molecule has 0 spiro atoms. The molecule has 1 aliphatic heterocycles. The lowest BCUT2D eigenvalue weighted by molar-refractivity contribution is 0.0342. The molecule has 1 aromatic heterocycles. The zero-order chi connectivity index (χ0) is 23.3. The molecule has 174 valence electrons. The molecule has 2 N–H and O–H groups in total. The summed E-state index contributed by atoms with van der Waals surface area (Å²) in [5.41, 5.74) is 4.98. The van der Waals surface area contributed by atoms with E-state index in [0.29, 0.717) is 17.1 Å². The lowest BCUT2D eigenvalue weighted by Crippen LogP contribution is -2.35. The number of benzene rings is 3. The Balaban J connectivity index is 1.36. The Labute approximate surface area is 204 Å². The number of para-hydroxylation sites is 1. The standard InChI is InChI=1S/C28H28ClN3O2/c29-26-10-3-1-8-22(26)24(25-17-30-27-11-4-2-9-23(25)27)18-31-28(33)21-7-5-6-20(16-21)19-32-12-14-34-15-13-32/h1-11,16-17,24,30H,12-15,18-19H2,(H,31,33). The molecule has 1 aliphatic rings. The molecule has 6 heteroatoms. The number of nitrogens with zero attached hydrogens (tertiary/aromatic N) is 1. The average molecular weight is 474 g/mol. The van der Waals surface area contributed by atoms with Crippen molar-refractivity contribution >= 4 is 28.4 Å². The second kappa shape index (κ2) is 10.4. The first-order chi connectivity index (χ1) is 16.7. The summed E-state index contributed by atoms with van der Waals surface area (Å²) in [4.78, 5) is 18.9. The highest BCUT2D eigenvalue weighted by Crippen LogP contribution is 2.34. The van der Waals surface area contributed by atoms with Crippen LogP contribution in [-0.2, 0) is 11.3 Å². The van der Waals surface area contributed by atoms with E-state index in [0.717, 1.165) is 60.4 Å². The summed E-state index contributed by atoms with van der Waals surface area (Å²) >= 11 is 6.60. The Morgan fingerprint density at radius 3 is 2.65 bits per heavy atom. The van der Waals surface area contributed by atoms with Gasteiger partial charge in [0.05, 0.1) is 13.2 Å². The van der Waals surface area contributed by atoms with Gasteiger partial charge in [0.2, 0.25) is 0 Å². The Morgan fingerprint density at radius 2 is 1.79 bits per heavy atom. The number of ether oxygens (including phenoxy) is 1. The number of carbonyl (C=O) groups excluding carboxylic acids is 1. The Kier molecular flexibility index (Phi) is 6.95. The van der Waals surface area contributed by atoms with Crippen molar-refractivity contribution in [2.45, 2.75) is 12.5 Å². The van der Waals surface area contributed by atoms with Gasteiger partial charge in [-0.1, -0.05) is 60.1 Å². The maximum absolute atomic E-state index is 13.2. The van der Waals surface area contributed by atoms with E-state index in [1.165, 1.54) is 0 Å². The molecule has 0 aliphatic carbocycles. The second-order valence-corrected chi connectivity index (χ2v) is 9.07. The van der Waals surface area contributed by atoms with Crippen molar-refractivity contribution < 1.29 is 9.53 Å². The van der Waals surface area contributed by atoms with Gasteiger partial charge >= 0.3 is 0 Å². The van der Waals surface area contributed by atoms with Crippen molar-refractivity contribution in [2.24, 2.45) is 0 Å². The molecule has 3 aromatic carbocycles. The minimum Gasteiger partial charge on any atom is -0.379 e. The maximum atomic E-state index is 13.2. The van der Waals surface area contributed by atoms with Crippen LogP contribution in [0.15, 0.2) is 79.0 Å². The van der Waals surface area contributed by atoms with E-state index < -0.39 is 0 Å². The van der Waals surface area contributed by atoms with E-state index in [2.05, 4.69) is 33.4 Å². The Bertz CT molecular complexity index is 1280. The quantitative estimate of drug-likeness (QED) is 0.387. The first kappa shape index (κ1) is 22.7. The van der Waals surface area contributed by atoms with Gasteiger partial charge in [0.25, 0.3) is 5.91 Å². The van der Waals surface area contributed by atoms with E-state index in [4.69, 9.17) is 16.3 Å². The minimum absolute atomic E-state index is 0.0784. The number of rotatable bonds is 7. The van der Waals surface area contributed by atoms with Crippen LogP contribution in [0.1, 0.15) is 33.0 Å². The highest BCUT2D eigenvalue weighted by Gasteiger charge is 2.21. The third-order valence-corrected chi connectivity index (χ3v) is 6.79. The lowest BCUT2D eigenvalue weighted by atomic mass is 9.90. The fourth-order valence-corrected chi connectivity index (χ4v) is 4.92. The van der Waals surface area contributed by atoms with Crippen molar-refractivity contribution in [3.63, 3.8) is 0 Å². The van der Waals surface area contributed by atoms with Crippen LogP contribution in [-0.4, -0.2) is 48.6 Å². The van der Waals surface area contributed by atoms with Gasteiger partial charge in [0.1, 0.15) is 0 Å². The van der Waals surface area contributed by atoms with Crippen LogP contribution in [0.4, 0.5) is 0 Å². The first-order valence-corrected chi connectivity index (χ1v) is 12.0. The van der Waals surface area contributed by atoms with Gasteiger partial charge in [-0.3, -0.25) is 9.69 Å². The molecule has 4 aromatic rings. The third-order valence-electron chi connectivity index (χ3n) is 6.44. The summed E-state index contributed by atoms with van der Waals surface area (Å²) < 4.78 is 5.44. The summed E-state index contributed by atoms with van der Waals surface area (Å²) in [7, 11) is 0. The van der Waals surface area contributed by atoms with Gasteiger partial charge in [0.15, 0.2) is 0 Å². The van der Waals surface area contributed by atoms with Crippen LogP contribution in [0, 0.1) is 0 Å². The molecule has 1 amide bonds. The number of H-pyrrole nitrogens is 1. The number of amides is 1. The van der Waals surface area contributed by atoms with Crippen LogP contribution in [0.2, 0.25) is 5.02 Å². The van der Waals surface area contributed by atoms with E-state index in [1.54, 1.807) is 0 Å². The summed E-state index contributed by atoms with van der Waals surface area (Å²) in [6.07, 6.45) is 2.02. The molecular formula is C28H28ClN3O2. The summed E-state index contributed by atoms with van der Waals surface area (Å²) in [6, 6.07) is 23.9. The number of carbonyl (C=O) groups is 1. The van der Waals surface area contributed by atoms with Crippen LogP contribution in [0.3, 0.4) is 0 Å². The molecule has 1 fully saturated rings. The average Bonchev–Trinajstić information content (AvgIpc) is 3.30. The molecule has 5 rings (SSSR count). The third kappa shape index (κ3) is 5.02. The Hall–Kier alpha value is -3.12. The van der Waals surface area contributed by atoms with E-state index in [1.807, 2.05) is 60.8 Å². The molecule has 5 nitrogen and oxygen atoms in total. The van der Waals surface area contributed by atoms with Gasteiger partial charge in [0, 0.05) is 59.8 Å².